The fourth-order valence-electron chi connectivity index (χ4n) is 3.61. The Labute approximate surface area is 190 Å². The van der Waals surface area contributed by atoms with Gasteiger partial charge >= 0.3 is 12.1 Å². The number of anilines is 1. The molecule has 0 radical (unpaired) electrons. The molecule has 1 aliphatic heterocycles. The lowest BCUT2D eigenvalue weighted by molar-refractivity contribution is -0.131. The largest absolute Gasteiger partial charge is 0.497 e. The standard InChI is InChI=1S/C24H23N3O6/c1-14(28)32-22-20(23(25)26)4-3-5-21(22)27-12-19(33-24(27)29)13-31-18-9-7-15-10-17(30-2)8-6-16(15)11-18/h3-11,19H,12-13H2,1-2H3,(H3,25,26). The molecule has 0 saturated carbocycles. The average molecular weight is 449 g/mol. The summed E-state index contributed by atoms with van der Waals surface area (Å²) in [4.78, 5) is 25.5. The fraction of sp³-hybridized carbons (Fsp3) is 0.208. The zero-order valence-electron chi connectivity index (χ0n) is 18.2. The highest BCUT2D eigenvalue weighted by Gasteiger charge is 2.35. The van der Waals surface area contributed by atoms with Crippen LogP contribution in [0, 0.1) is 5.41 Å². The highest BCUT2D eigenvalue weighted by molar-refractivity contribution is 6.02. The summed E-state index contributed by atoms with van der Waals surface area (Å²) < 4.78 is 21.8. The molecule has 1 heterocycles. The van der Waals surface area contributed by atoms with Crippen molar-refractivity contribution in [2.24, 2.45) is 5.73 Å². The van der Waals surface area contributed by atoms with E-state index in [4.69, 9.17) is 30.1 Å². The average Bonchev–Trinajstić information content (AvgIpc) is 3.17. The first-order valence-corrected chi connectivity index (χ1v) is 10.2. The number of amidine groups is 1. The van der Waals surface area contributed by atoms with Crippen molar-refractivity contribution in [1.29, 1.82) is 5.41 Å². The Morgan fingerprint density at radius 1 is 1.15 bits per heavy atom. The number of ether oxygens (including phenoxy) is 4. The van der Waals surface area contributed by atoms with Crippen LogP contribution in [-0.2, 0) is 9.53 Å². The number of esters is 1. The van der Waals surface area contributed by atoms with Gasteiger partial charge in [-0.2, -0.15) is 0 Å². The molecule has 9 nitrogen and oxygen atoms in total. The number of carbonyl (C=O) groups is 2. The summed E-state index contributed by atoms with van der Waals surface area (Å²) in [6.07, 6.45) is -1.15. The van der Waals surface area contributed by atoms with Crippen molar-refractivity contribution >= 4 is 34.4 Å². The van der Waals surface area contributed by atoms with E-state index in [0.29, 0.717) is 11.4 Å². The predicted octanol–water partition coefficient (Wildman–Crippen LogP) is 3.46. The molecule has 3 N–H and O–H groups in total. The van der Waals surface area contributed by atoms with Crippen LogP contribution in [0.2, 0.25) is 0 Å². The molecular weight excluding hydrogens is 426 g/mol. The predicted molar refractivity (Wildman–Crippen MR) is 122 cm³/mol. The smallest absolute Gasteiger partial charge is 0.415 e. The van der Waals surface area contributed by atoms with E-state index in [1.807, 2.05) is 36.4 Å². The zero-order chi connectivity index (χ0) is 23.5. The van der Waals surface area contributed by atoms with Crippen LogP contribution in [0.25, 0.3) is 10.8 Å². The number of nitrogens with one attached hydrogen (secondary N) is 1. The summed E-state index contributed by atoms with van der Waals surface area (Å²) in [5.41, 5.74) is 6.13. The third kappa shape index (κ3) is 4.67. The van der Waals surface area contributed by atoms with Crippen LogP contribution < -0.4 is 24.8 Å². The van der Waals surface area contributed by atoms with Gasteiger partial charge in [0.15, 0.2) is 11.9 Å². The van der Waals surface area contributed by atoms with Gasteiger partial charge in [-0.05, 0) is 47.2 Å². The lowest BCUT2D eigenvalue weighted by Gasteiger charge is -2.19. The van der Waals surface area contributed by atoms with E-state index in [1.165, 1.54) is 11.8 Å². The molecule has 9 heteroatoms. The van der Waals surface area contributed by atoms with Crippen LogP contribution in [0.5, 0.6) is 17.2 Å². The van der Waals surface area contributed by atoms with Crippen molar-refractivity contribution in [3.63, 3.8) is 0 Å². The molecule has 1 atom stereocenters. The van der Waals surface area contributed by atoms with Crippen LogP contribution in [0.15, 0.2) is 54.6 Å². The summed E-state index contributed by atoms with van der Waals surface area (Å²) in [7, 11) is 1.62. The number of rotatable bonds is 7. The Balaban J connectivity index is 1.49. The number of hydrogen-bond acceptors (Lipinski definition) is 7. The van der Waals surface area contributed by atoms with Crippen LogP contribution in [0.3, 0.4) is 0 Å². The van der Waals surface area contributed by atoms with Crippen molar-refractivity contribution in [2.45, 2.75) is 13.0 Å². The quantitative estimate of drug-likeness (QED) is 0.245. The molecule has 1 unspecified atom stereocenters. The molecular formula is C24H23N3O6. The van der Waals surface area contributed by atoms with Gasteiger partial charge in [-0.15, -0.1) is 0 Å². The first-order chi connectivity index (χ1) is 15.9. The number of nitrogens with two attached hydrogens (primary N) is 1. The molecule has 1 aliphatic rings. The molecule has 4 rings (SSSR count). The van der Waals surface area contributed by atoms with Crippen LogP contribution in [0.1, 0.15) is 12.5 Å². The van der Waals surface area contributed by atoms with Gasteiger partial charge in [0.05, 0.1) is 24.9 Å². The fourth-order valence-corrected chi connectivity index (χ4v) is 3.61. The van der Waals surface area contributed by atoms with E-state index >= 15 is 0 Å². The second-order valence-electron chi connectivity index (χ2n) is 7.46. The van der Waals surface area contributed by atoms with E-state index in [-0.39, 0.29) is 30.3 Å². The summed E-state index contributed by atoms with van der Waals surface area (Å²) in [5, 5.41) is 9.75. The topological polar surface area (TPSA) is 124 Å². The maximum atomic E-state index is 12.6. The number of methoxy groups -OCH3 is 1. The highest BCUT2D eigenvalue weighted by Crippen LogP contribution is 2.35. The van der Waals surface area contributed by atoms with E-state index < -0.39 is 18.2 Å². The maximum Gasteiger partial charge on any atom is 0.415 e. The van der Waals surface area contributed by atoms with Gasteiger partial charge in [-0.1, -0.05) is 18.2 Å². The van der Waals surface area contributed by atoms with Gasteiger partial charge in [0.25, 0.3) is 0 Å². The first-order valence-electron chi connectivity index (χ1n) is 10.2. The molecule has 0 spiro atoms. The Bertz CT molecular complexity index is 1240. The van der Waals surface area contributed by atoms with Gasteiger partial charge < -0.3 is 24.7 Å². The molecule has 170 valence electrons. The van der Waals surface area contributed by atoms with Gasteiger partial charge in [0, 0.05) is 6.92 Å². The second kappa shape index (κ2) is 9.07. The van der Waals surface area contributed by atoms with E-state index in [0.717, 1.165) is 16.5 Å². The Morgan fingerprint density at radius 3 is 2.52 bits per heavy atom. The molecule has 33 heavy (non-hydrogen) atoms. The number of fused-ring (bicyclic) bond motifs is 1. The van der Waals surface area contributed by atoms with Gasteiger partial charge in [0.2, 0.25) is 0 Å². The second-order valence-corrected chi connectivity index (χ2v) is 7.46. The molecule has 3 aromatic carbocycles. The SMILES string of the molecule is COc1ccc2cc(OCC3CN(c4cccc(C(=N)N)c4OC(C)=O)C(=O)O3)ccc2c1. The van der Waals surface area contributed by atoms with Gasteiger partial charge in [-0.3, -0.25) is 15.1 Å². The molecule has 0 bridgehead atoms. The summed E-state index contributed by atoms with van der Waals surface area (Å²) in [5.74, 6) is 0.583. The number of hydrogen-bond donors (Lipinski definition) is 2. The third-order valence-corrected chi connectivity index (χ3v) is 5.15. The molecule has 0 aromatic heterocycles. The van der Waals surface area contributed by atoms with E-state index in [2.05, 4.69) is 0 Å². The number of cyclic esters (lactones) is 1. The monoisotopic (exact) mass is 449 g/mol. The van der Waals surface area contributed by atoms with Crippen LogP contribution in [-0.4, -0.2) is 44.3 Å². The normalized spacial score (nSPS) is 15.3. The maximum absolute atomic E-state index is 12.6. The van der Waals surface area contributed by atoms with Gasteiger partial charge in [-0.25, -0.2) is 4.79 Å². The number of benzene rings is 3. The van der Waals surface area contributed by atoms with Crippen LogP contribution in [0.4, 0.5) is 10.5 Å². The lowest BCUT2D eigenvalue weighted by Crippen LogP contribution is -2.28. The van der Waals surface area contributed by atoms with Gasteiger partial charge in [0.1, 0.15) is 23.9 Å². The number of para-hydroxylation sites is 1. The Morgan fingerprint density at radius 2 is 1.85 bits per heavy atom. The van der Waals surface area contributed by atoms with Crippen molar-refractivity contribution in [3.8, 4) is 17.2 Å². The highest BCUT2D eigenvalue weighted by atomic mass is 16.6. The van der Waals surface area contributed by atoms with Crippen molar-refractivity contribution in [2.75, 3.05) is 25.2 Å². The van der Waals surface area contributed by atoms with Crippen molar-refractivity contribution < 1.29 is 28.5 Å². The molecule has 1 fully saturated rings. The third-order valence-electron chi connectivity index (χ3n) is 5.15. The van der Waals surface area contributed by atoms with Crippen LogP contribution >= 0.6 is 0 Å². The Kier molecular flexibility index (Phi) is 6.03. The molecule has 0 aliphatic carbocycles. The lowest BCUT2D eigenvalue weighted by atomic mass is 10.1. The summed E-state index contributed by atoms with van der Waals surface area (Å²) in [6, 6.07) is 16.2. The van der Waals surface area contributed by atoms with Crippen molar-refractivity contribution in [3.05, 3.63) is 60.2 Å². The number of amides is 1. The number of carbonyl (C=O) groups excluding carboxylic acids is 2. The zero-order valence-corrected chi connectivity index (χ0v) is 18.2. The van der Waals surface area contributed by atoms with E-state index in [9.17, 15) is 9.59 Å². The first kappa shape index (κ1) is 21.9. The molecule has 1 saturated heterocycles. The summed E-state index contributed by atoms with van der Waals surface area (Å²) >= 11 is 0. The van der Waals surface area contributed by atoms with E-state index in [1.54, 1.807) is 25.3 Å². The molecule has 3 aromatic rings. The number of nitrogens with zero attached hydrogens (tertiary/aromatic N) is 1. The van der Waals surface area contributed by atoms with Crippen molar-refractivity contribution in [1.82, 2.24) is 0 Å². The minimum absolute atomic E-state index is 0.0426. The minimum atomic E-state index is -0.608. The Hall–Kier alpha value is -4.27. The molecule has 1 amide bonds. The summed E-state index contributed by atoms with van der Waals surface area (Å²) in [6.45, 7) is 1.55. The number of nitrogen functional groups attached to an aromatic ring is 1. The minimum Gasteiger partial charge on any atom is -0.497 e.